The fourth-order valence-electron chi connectivity index (χ4n) is 5.45. The molecular formula is C36H42ClN3O4S. The van der Waals surface area contributed by atoms with Crippen molar-refractivity contribution in [2.24, 2.45) is 0 Å². The van der Waals surface area contributed by atoms with Crippen molar-refractivity contribution in [1.82, 2.24) is 15.5 Å². The highest BCUT2D eigenvalue weighted by Crippen LogP contribution is 2.40. The second kappa shape index (κ2) is 15.5. The van der Waals surface area contributed by atoms with Crippen LogP contribution in [0.3, 0.4) is 0 Å². The third kappa shape index (κ3) is 8.51. The molecule has 0 unspecified atom stereocenters. The first-order valence-electron chi connectivity index (χ1n) is 15.5. The molecule has 1 aliphatic rings. The van der Waals surface area contributed by atoms with Crippen LogP contribution in [0.15, 0.2) is 66.7 Å². The molecule has 9 heteroatoms. The van der Waals surface area contributed by atoms with Gasteiger partial charge >= 0.3 is 0 Å². The van der Waals surface area contributed by atoms with Crippen molar-refractivity contribution in [1.29, 1.82) is 0 Å². The Morgan fingerprint density at radius 1 is 0.778 bits per heavy atom. The molecule has 0 radical (unpaired) electrons. The van der Waals surface area contributed by atoms with Crippen molar-refractivity contribution in [2.45, 2.75) is 59.0 Å². The summed E-state index contributed by atoms with van der Waals surface area (Å²) >= 11 is 1.47. The number of carbonyl (C=O) groups excluding carboxylic acids is 3. The van der Waals surface area contributed by atoms with E-state index in [1.165, 1.54) is 30.6 Å². The van der Waals surface area contributed by atoms with Crippen molar-refractivity contribution in [3.05, 3.63) is 89.0 Å². The van der Waals surface area contributed by atoms with Gasteiger partial charge in [-0.3, -0.25) is 19.3 Å². The molecule has 3 aromatic carbocycles. The first kappa shape index (κ1) is 34.2. The fourth-order valence-corrected chi connectivity index (χ4v) is 6.70. The maximum Gasteiger partial charge on any atom is 0.251 e. The summed E-state index contributed by atoms with van der Waals surface area (Å²) in [5, 5.41) is 6.65. The van der Waals surface area contributed by atoms with E-state index < -0.39 is 0 Å². The Balaban J connectivity index is 0.00000461. The van der Waals surface area contributed by atoms with E-state index in [0.717, 1.165) is 45.9 Å². The molecule has 1 aromatic heterocycles. The third-order valence-corrected chi connectivity index (χ3v) is 8.87. The molecule has 45 heavy (non-hydrogen) atoms. The van der Waals surface area contributed by atoms with E-state index in [9.17, 15) is 14.4 Å². The van der Waals surface area contributed by atoms with Crippen LogP contribution < -0.4 is 15.4 Å². The maximum atomic E-state index is 14.1. The summed E-state index contributed by atoms with van der Waals surface area (Å²) in [4.78, 5) is 42.7. The van der Waals surface area contributed by atoms with Crippen LogP contribution in [0.4, 0.5) is 0 Å². The number of amides is 2. The van der Waals surface area contributed by atoms with Gasteiger partial charge in [-0.2, -0.15) is 0 Å². The van der Waals surface area contributed by atoms with Gasteiger partial charge in [0.05, 0.1) is 0 Å². The molecule has 2 amide bonds. The number of fused-ring (bicyclic) bond motifs is 1. The van der Waals surface area contributed by atoms with Crippen molar-refractivity contribution in [3.63, 3.8) is 0 Å². The van der Waals surface area contributed by atoms with Crippen LogP contribution in [0.2, 0.25) is 0 Å². The van der Waals surface area contributed by atoms with Crippen LogP contribution >= 0.6 is 23.7 Å². The van der Waals surface area contributed by atoms with Crippen molar-refractivity contribution in [2.75, 3.05) is 26.2 Å². The molecule has 1 fully saturated rings. The number of thiophene rings is 1. The third-order valence-electron chi connectivity index (χ3n) is 7.67. The lowest BCUT2D eigenvalue weighted by Gasteiger charge is -2.26. The van der Waals surface area contributed by atoms with Gasteiger partial charge in [-0.1, -0.05) is 24.6 Å². The minimum absolute atomic E-state index is 0. The summed E-state index contributed by atoms with van der Waals surface area (Å²) in [7, 11) is 0. The van der Waals surface area contributed by atoms with Gasteiger partial charge < -0.3 is 15.4 Å². The zero-order valence-corrected chi connectivity index (χ0v) is 28.0. The molecule has 0 saturated carbocycles. The zero-order chi connectivity index (χ0) is 31.2. The van der Waals surface area contributed by atoms with E-state index in [4.69, 9.17) is 4.74 Å². The highest BCUT2D eigenvalue weighted by molar-refractivity contribution is 7.22. The van der Waals surface area contributed by atoms with Crippen LogP contribution in [-0.4, -0.2) is 60.8 Å². The standard InChI is InChI=1S/C36H41N3O4S.ClH/c1-23(2)37-35(41)27-10-8-26(9-11-27)34-32(30-17-14-28(22-31(30)44-34)36(42)38-24(3)4)33(40)25-12-15-29(16-13-25)43-21-20-39-18-6-5-7-19-39;/h8-17,22-24H,5-7,18-21H2,1-4H3,(H,37,41)(H,38,42);1H. The van der Waals surface area contributed by atoms with E-state index in [1.807, 2.05) is 76.2 Å². The topological polar surface area (TPSA) is 87.7 Å². The lowest BCUT2D eigenvalue weighted by molar-refractivity contribution is 0.0934. The molecule has 7 nitrogen and oxygen atoms in total. The van der Waals surface area contributed by atoms with E-state index in [1.54, 1.807) is 18.2 Å². The van der Waals surface area contributed by atoms with Crippen molar-refractivity contribution < 1.29 is 19.1 Å². The molecule has 0 atom stereocenters. The molecule has 2 heterocycles. The molecule has 0 spiro atoms. The summed E-state index contributed by atoms with van der Waals surface area (Å²) in [6.07, 6.45) is 3.81. The summed E-state index contributed by atoms with van der Waals surface area (Å²) in [5.41, 5.74) is 3.08. The van der Waals surface area contributed by atoms with E-state index in [0.29, 0.717) is 28.9 Å². The van der Waals surface area contributed by atoms with Crippen molar-refractivity contribution >= 4 is 51.4 Å². The summed E-state index contributed by atoms with van der Waals surface area (Å²) < 4.78 is 6.84. The normalized spacial score (nSPS) is 13.5. The summed E-state index contributed by atoms with van der Waals surface area (Å²) in [6, 6.07) is 20.2. The van der Waals surface area contributed by atoms with E-state index in [-0.39, 0.29) is 42.1 Å². The van der Waals surface area contributed by atoms with Gasteiger partial charge in [-0.15, -0.1) is 23.7 Å². The lowest BCUT2D eigenvalue weighted by atomic mass is 9.96. The van der Waals surface area contributed by atoms with Gasteiger partial charge in [-0.05, 0) is 108 Å². The van der Waals surface area contributed by atoms with Gasteiger partial charge in [0.15, 0.2) is 5.78 Å². The average molecular weight is 648 g/mol. The molecule has 0 aliphatic carbocycles. The maximum absolute atomic E-state index is 14.1. The smallest absolute Gasteiger partial charge is 0.251 e. The number of hydrogen-bond donors (Lipinski definition) is 2. The number of carbonyl (C=O) groups is 3. The van der Waals surface area contributed by atoms with Gasteiger partial charge in [0, 0.05) is 55.8 Å². The number of piperidine rings is 1. The molecule has 1 saturated heterocycles. The Kier molecular flexibility index (Phi) is 11.8. The number of ketones is 1. The Hall–Kier alpha value is -3.72. The molecule has 1 aliphatic heterocycles. The Morgan fingerprint density at radius 2 is 1.36 bits per heavy atom. The average Bonchev–Trinajstić information content (AvgIpc) is 3.40. The zero-order valence-electron chi connectivity index (χ0n) is 26.4. The number of hydrogen-bond acceptors (Lipinski definition) is 6. The molecular weight excluding hydrogens is 606 g/mol. The highest BCUT2D eigenvalue weighted by atomic mass is 35.5. The fraction of sp³-hybridized carbons (Fsp3) is 0.361. The first-order chi connectivity index (χ1) is 21.2. The van der Waals surface area contributed by atoms with E-state index in [2.05, 4.69) is 15.5 Å². The van der Waals surface area contributed by atoms with Crippen LogP contribution in [0.5, 0.6) is 5.75 Å². The summed E-state index contributed by atoms with van der Waals surface area (Å²) in [5.74, 6) is 0.344. The minimum atomic E-state index is -0.152. The number of nitrogens with one attached hydrogen (secondary N) is 2. The number of rotatable bonds is 11. The quantitative estimate of drug-likeness (QED) is 0.166. The molecule has 4 aromatic rings. The van der Waals surface area contributed by atoms with Crippen LogP contribution in [-0.2, 0) is 0 Å². The molecule has 2 N–H and O–H groups in total. The van der Waals surface area contributed by atoms with Gasteiger partial charge in [0.1, 0.15) is 12.4 Å². The second-order valence-electron chi connectivity index (χ2n) is 12.0. The predicted molar refractivity (Wildman–Crippen MR) is 185 cm³/mol. The van der Waals surface area contributed by atoms with Gasteiger partial charge in [-0.25, -0.2) is 0 Å². The van der Waals surface area contributed by atoms with Gasteiger partial charge in [0.2, 0.25) is 0 Å². The Morgan fingerprint density at radius 3 is 1.98 bits per heavy atom. The first-order valence-corrected chi connectivity index (χ1v) is 16.3. The highest BCUT2D eigenvalue weighted by Gasteiger charge is 2.23. The SMILES string of the molecule is CC(C)NC(=O)c1ccc(-c2sc3cc(C(=O)NC(C)C)ccc3c2C(=O)c2ccc(OCCN3CCCCC3)cc2)cc1.Cl. The van der Waals surface area contributed by atoms with Crippen LogP contribution in [0, 0.1) is 0 Å². The van der Waals surface area contributed by atoms with Crippen molar-refractivity contribution in [3.8, 4) is 16.2 Å². The molecule has 5 rings (SSSR count). The van der Waals surface area contributed by atoms with E-state index >= 15 is 0 Å². The number of likely N-dealkylation sites (tertiary alicyclic amines) is 1. The second-order valence-corrected chi connectivity index (χ2v) is 13.0. The number of benzene rings is 3. The molecule has 238 valence electrons. The largest absolute Gasteiger partial charge is 0.492 e. The van der Waals surface area contributed by atoms with Crippen LogP contribution in [0.1, 0.15) is 83.6 Å². The Bertz CT molecular complexity index is 1620. The number of nitrogens with zero attached hydrogens (tertiary/aromatic N) is 1. The summed E-state index contributed by atoms with van der Waals surface area (Å²) in [6.45, 7) is 11.5. The minimum Gasteiger partial charge on any atom is -0.492 e. The molecule has 0 bridgehead atoms. The Labute approximate surface area is 275 Å². The van der Waals surface area contributed by atoms with Crippen LogP contribution in [0.25, 0.3) is 20.5 Å². The predicted octanol–water partition coefficient (Wildman–Crippen LogP) is 7.36. The van der Waals surface area contributed by atoms with Gasteiger partial charge in [0.25, 0.3) is 11.8 Å². The lowest BCUT2D eigenvalue weighted by Crippen LogP contribution is -2.33. The number of halogens is 1. The number of ether oxygens (including phenoxy) is 1. The monoisotopic (exact) mass is 647 g/mol.